The Bertz CT molecular complexity index is 862. The molecule has 4 heteroatoms. The monoisotopic (exact) mass is 368 g/mol. The van der Waals surface area contributed by atoms with E-state index in [2.05, 4.69) is 12.1 Å². The Balaban J connectivity index is 1.69. The Morgan fingerprint density at radius 1 is 1.22 bits per heavy atom. The second-order valence-electron chi connectivity index (χ2n) is 9.58. The summed E-state index contributed by atoms with van der Waals surface area (Å²) in [4.78, 5) is 12.8. The fourth-order valence-electron chi connectivity index (χ4n) is 8.41. The number of ketones is 1. The molecular weight excluding hydrogens is 340 g/mol. The van der Waals surface area contributed by atoms with Crippen molar-refractivity contribution in [1.82, 2.24) is 0 Å². The number of rotatable bonds is 3. The van der Waals surface area contributed by atoms with E-state index in [0.29, 0.717) is 5.92 Å². The fourth-order valence-corrected chi connectivity index (χ4v) is 8.41. The van der Waals surface area contributed by atoms with Crippen molar-refractivity contribution in [3.63, 3.8) is 0 Å². The summed E-state index contributed by atoms with van der Waals surface area (Å²) in [6.07, 6.45) is 7.78. The van der Waals surface area contributed by atoms with Crippen LogP contribution in [0.15, 0.2) is 12.1 Å². The minimum Gasteiger partial charge on any atom is -0.493 e. The van der Waals surface area contributed by atoms with Gasteiger partial charge in [-0.1, -0.05) is 12.5 Å². The van der Waals surface area contributed by atoms with Gasteiger partial charge in [-0.3, -0.25) is 4.79 Å². The lowest BCUT2D eigenvalue weighted by molar-refractivity contribution is -0.266. The Labute approximate surface area is 160 Å². The number of carbonyl (C=O) groups excluding carboxylic acids is 1. The predicted octanol–water partition coefficient (Wildman–Crippen LogP) is 3.82. The number of methoxy groups -OCH3 is 2. The van der Waals surface area contributed by atoms with Crippen LogP contribution in [0.1, 0.15) is 56.6 Å². The third kappa shape index (κ3) is 1.51. The lowest BCUT2D eigenvalue weighted by atomic mass is 9.32. The van der Waals surface area contributed by atoms with Gasteiger partial charge in [0, 0.05) is 18.1 Å². The molecule has 0 unspecified atom stereocenters. The van der Waals surface area contributed by atoms with E-state index in [-0.39, 0.29) is 28.6 Å². The second-order valence-corrected chi connectivity index (χ2v) is 9.58. The van der Waals surface area contributed by atoms with E-state index >= 15 is 0 Å². The zero-order valence-electron chi connectivity index (χ0n) is 16.5. The molecule has 1 aromatic carbocycles. The number of Topliss-reactive ketones (excluding diaryl/α,β-unsaturated/α-hetero) is 1. The maximum atomic E-state index is 12.8. The molecule has 1 aromatic rings. The molecule has 7 rings (SSSR count). The first-order valence-electron chi connectivity index (χ1n) is 10.5. The summed E-state index contributed by atoms with van der Waals surface area (Å²) in [7, 11) is 3.51. The van der Waals surface area contributed by atoms with Crippen LogP contribution in [0.2, 0.25) is 0 Å². The van der Waals surface area contributed by atoms with E-state index in [1.54, 1.807) is 21.1 Å². The molecule has 0 aromatic heterocycles. The molecule has 144 valence electrons. The van der Waals surface area contributed by atoms with Crippen molar-refractivity contribution < 1.29 is 19.0 Å². The van der Waals surface area contributed by atoms with Gasteiger partial charge in [0.15, 0.2) is 11.5 Å². The second kappa shape index (κ2) is 4.89. The number of fused-ring (bicyclic) bond motifs is 2. The van der Waals surface area contributed by atoms with Crippen LogP contribution >= 0.6 is 0 Å². The molecule has 1 aliphatic heterocycles. The average molecular weight is 368 g/mol. The van der Waals surface area contributed by atoms with Gasteiger partial charge in [-0.25, -0.2) is 0 Å². The van der Waals surface area contributed by atoms with Gasteiger partial charge < -0.3 is 14.2 Å². The number of hydrogen-bond donors (Lipinski definition) is 0. The quantitative estimate of drug-likeness (QED) is 0.813. The molecule has 4 fully saturated rings. The summed E-state index contributed by atoms with van der Waals surface area (Å²) < 4.78 is 18.8. The third-order valence-corrected chi connectivity index (χ3v) is 9.25. The van der Waals surface area contributed by atoms with Crippen molar-refractivity contribution in [1.29, 1.82) is 0 Å². The number of benzene rings is 1. The van der Waals surface area contributed by atoms with Crippen molar-refractivity contribution >= 4 is 5.78 Å². The van der Waals surface area contributed by atoms with Gasteiger partial charge in [-0.15, -0.1) is 0 Å². The van der Waals surface area contributed by atoms with Gasteiger partial charge in [0.05, 0.1) is 13.0 Å². The highest BCUT2D eigenvalue weighted by Crippen LogP contribution is 2.78. The summed E-state index contributed by atoms with van der Waals surface area (Å²) in [5.74, 6) is 2.64. The van der Waals surface area contributed by atoms with Crippen LogP contribution in [0, 0.1) is 17.3 Å². The van der Waals surface area contributed by atoms with E-state index in [0.717, 1.165) is 43.6 Å². The molecule has 5 aliphatic carbocycles. The van der Waals surface area contributed by atoms with E-state index < -0.39 is 5.60 Å². The van der Waals surface area contributed by atoms with E-state index in [1.807, 2.05) is 0 Å². The van der Waals surface area contributed by atoms with Gasteiger partial charge in [-0.2, -0.15) is 0 Å². The Morgan fingerprint density at radius 3 is 2.81 bits per heavy atom. The first-order valence-corrected chi connectivity index (χ1v) is 10.5. The Kier molecular flexibility index (Phi) is 2.97. The number of carbonyl (C=O) groups is 1. The zero-order chi connectivity index (χ0) is 18.6. The van der Waals surface area contributed by atoms with Crippen LogP contribution in [-0.4, -0.2) is 31.7 Å². The van der Waals surface area contributed by atoms with Crippen LogP contribution in [-0.2, 0) is 21.4 Å². The van der Waals surface area contributed by atoms with Crippen molar-refractivity contribution in [2.24, 2.45) is 17.3 Å². The molecule has 4 bridgehead atoms. The van der Waals surface area contributed by atoms with Gasteiger partial charge in [-0.05, 0) is 68.4 Å². The highest BCUT2D eigenvalue weighted by atomic mass is 16.6. The molecule has 0 saturated heterocycles. The van der Waals surface area contributed by atoms with Crippen molar-refractivity contribution in [3.8, 4) is 11.5 Å². The molecule has 4 nitrogen and oxygen atoms in total. The summed E-state index contributed by atoms with van der Waals surface area (Å²) >= 11 is 0. The lowest BCUT2D eigenvalue weighted by Crippen LogP contribution is -2.77. The largest absolute Gasteiger partial charge is 0.493 e. The average Bonchev–Trinajstić information content (AvgIpc) is 3.03. The van der Waals surface area contributed by atoms with Gasteiger partial charge in [0.1, 0.15) is 17.5 Å². The molecule has 4 saturated carbocycles. The normalized spacial score (nSPS) is 45.2. The van der Waals surface area contributed by atoms with Crippen molar-refractivity contribution in [3.05, 3.63) is 23.3 Å². The molecular formula is C23H28O4. The highest BCUT2D eigenvalue weighted by molar-refractivity contribution is 5.81. The highest BCUT2D eigenvalue weighted by Gasteiger charge is 2.80. The standard InChI is InChI=1S/C23H28O4/c1-13(24)16-12-21-9-10-23(16,26-3)20-22(21)8-4-5-15(21)11-14-6-7-17(25-2)19(27-20)18(14)22/h6-7,15-16,20H,4-5,8-12H2,1-3H3/t15-,16-,20-,21-,22+,23-/m1/s1. The van der Waals surface area contributed by atoms with Gasteiger partial charge in [0.25, 0.3) is 0 Å². The van der Waals surface area contributed by atoms with E-state index in [4.69, 9.17) is 14.2 Å². The van der Waals surface area contributed by atoms with Crippen LogP contribution in [0.25, 0.3) is 0 Å². The van der Waals surface area contributed by atoms with E-state index in [1.165, 1.54) is 24.0 Å². The minimum atomic E-state index is -0.506. The molecule has 2 spiro atoms. The van der Waals surface area contributed by atoms with Crippen LogP contribution in [0.3, 0.4) is 0 Å². The topological polar surface area (TPSA) is 44.8 Å². The van der Waals surface area contributed by atoms with E-state index in [9.17, 15) is 4.79 Å². The summed E-state index contributed by atoms with van der Waals surface area (Å²) in [5, 5.41) is 0. The van der Waals surface area contributed by atoms with Crippen molar-refractivity contribution in [2.45, 2.75) is 69.0 Å². The predicted molar refractivity (Wildman–Crippen MR) is 100 cm³/mol. The van der Waals surface area contributed by atoms with Crippen LogP contribution in [0.4, 0.5) is 0 Å². The molecule has 27 heavy (non-hydrogen) atoms. The third-order valence-electron chi connectivity index (χ3n) is 9.25. The van der Waals surface area contributed by atoms with Gasteiger partial charge >= 0.3 is 0 Å². The molecule has 0 N–H and O–H groups in total. The van der Waals surface area contributed by atoms with Gasteiger partial charge in [0.2, 0.25) is 0 Å². The molecule has 0 amide bonds. The number of ether oxygens (including phenoxy) is 3. The fraction of sp³-hybridized carbons (Fsp3) is 0.696. The number of hydrogen-bond acceptors (Lipinski definition) is 4. The molecule has 1 heterocycles. The minimum absolute atomic E-state index is 0.00637. The molecule has 0 radical (unpaired) electrons. The maximum Gasteiger partial charge on any atom is 0.165 e. The van der Waals surface area contributed by atoms with Crippen molar-refractivity contribution in [2.75, 3.05) is 14.2 Å². The lowest BCUT2D eigenvalue weighted by Gasteiger charge is -2.72. The first-order chi connectivity index (χ1) is 13.0. The first kappa shape index (κ1) is 16.4. The Hall–Kier alpha value is -1.55. The Morgan fingerprint density at radius 2 is 2.07 bits per heavy atom. The summed E-state index contributed by atoms with van der Waals surface area (Å²) in [6.45, 7) is 1.75. The zero-order valence-corrected chi connectivity index (χ0v) is 16.5. The van der Waals surface area contributed by atoms with Crippen LogP contribution < -0.4 is 9.47 Å². The molecule has 6 atom stereocenters. The molecule has 6 aliphatic rings. The van der Waals surface area contributed by atoms with Crippen LogP contribution in [0.5, 0.6) is 11.5 Å². The summed E-state index contributed by atoms with van der Waals surface area (Å²) in [5.41, 5.74) is 2.52. The maximum absolute atomic E-state index is 12.8. The smallest absolute Gasteiger partial charge is 0.165 e. The summed E-state index contributed by atoms with van der Waals surface area (Å²) in [6, 6.07) is 4.33. The SMILES string of the molecule is COc1ccc2c3c1O[C@H]1[C@@]4(OC)CC[C@@]5(C[C@@H]4C(C)=O)[C@H](CCC[C@]315)C2.